The first kappa shape index (κ1) is 15.7. The normalized spacial score (nSPS) is 10.8. The summed E-state index contributed by atoms with van der Waals surface area (Å²) in [5.74, 6) is -1.49. The summed E-state index contributed by atoms with van der Waals surface area (Å²) in [4.78, 5) is 34.1. The van der Waals surface area contributed by atoms with E-state index in [1.807, 2.05) is 0 Å². The number of hydrogen-bond donors (Lipinski definition) is 2. The van der Waals surface area contributed by atoms with Crippen LogP contribution in [0.1, 0.15) is 48.4 Å². The smallest absolute Gasteiger partial charge is 0.412 e. The van der Waals surface area contributed by atoms with Crippen LogP contribution in [0.4, 0.5) is 10.5 Å². The second-order valence-corrected chi connectivity index (χ2v) is 5.25. The molecule has 0 unspecified atom stereocenters. The van der Waals surface area contributed by atoms with Crippen molar-refractivity contribution in [1.82, 2.24) is 0 Å². The molecule has 0 saturated carbocycles. The van der Waals surface area contributed by atoms with Crippen LogP contribution in [0.15, 0.2) is 18.2 Å². The standard InChI is InChI=1S/C14H17NO5/c1-8(16)10-7-9(12(17)18)5-6-11(10)15-13(19)20-14(2,3)4/h5-7H,1-4H3,(H,15,19)(H,17,18). The van der Waals surface area contributed by atoms with Gasteiger partial charge in [-0.3, -0.25) is 10.1 Å². The first-order valence-corrected chi connectivity index (χ1v) is 5.98. The molecule has 1 rings (SSSR count). The number of anilines is 1. The quantitative estimate of drug-likeness (QED) is 0.830. The topological polar surface area (TPSA) is 92.7 Å². The molecule has 108 valence electrons. The number of aromatic carboxylic acids is 1. The van der Waals surface area contributed by atoms with E-state index < -0.39 is 17.7 Å². The highest BCUT2D eigenvalue weighted by Crippen LogP contribution is 2.20. The predicted octanol–water partition coefficient (Wildman–Crippen LogP) is 2.93. The maximum atomic E-state index is 11.7. The summed E-state index contributed by atoms with van der Waals surface area (Å²) in [7, 11) is 0. The van der Waals surface area contributed by atoms with Crippen LogP contribution in [0, 0.1) is 0 Å². The summed E-state index contributed by atoms with van der Waals surface area (Å²) in [6, 6.07) is 3.89. The second-order valence-electron chi connectivity index (χ2n) is 5.25. The van der Waals surface area contributed by atoms with Crippen LogP contribution >= 0.6 is 0 Å². The van der Waals surface area contributed by atoms with E-state index in [1.54, 1.807) is 20.8 Å². The van der Waals surface area contributed by atoms with E-state index in [1.165, 1.54) is 25.1 Å². The third kappa shape index (κ3) is 4.38. The summed E-state index contributed by atoms with van der Waals surface area (Å²) >= 11 is 0. The number of carbonyl (C=O) groups excluding carboxylic acids is 2. The van der Waals surface area contributed by atoms with E-state index in [9.17, 15) is 14.4 Å². The van der Waals surface area contributed by atoms with Gasteiger partial charge in [0.1, 0.15) is 5.60 Å². The Bertz CT molecular complexity index is 557. The van der Waals surface area contributed by atoms with E-state index in [2.05, 4.69) is 5.32 Å². The molecule has 0 atom stereocenters. The van der Waals surface area contributed by atoms with Gasteiger partial charge in [-0.2, -0.15) is 0 Å². The Morgan fingerprint density at radius 2 is 1.80 bits per heavy atom. The van der Waals surface area contributed by atoms with Crippen LogP contribution in [0.3, 0.4) is 0 Å². The highest BCUT2D eigenvalue weighted by molar-refractivity contribution is 6.04. The molecule has 2 N–H and O–H groups in total. The minimum absolute atomic E-state index is 0.0232. The van der Waals surface area contributed by atoms with Gasteiger partial charge in [-0.15, -0.1) is 0 Å². The molecule has 0 bridgehead atoms. The Morgan fingerprint density at radius 3 is 2.25 bits per heavy atom. The monoisotopic (exact) mass is 279 g/mol. The third-order valence-electron chi connectivity index (χ3n) is 2.28. The van der Waals surface area contributed by atoms with Gasteiger partial charge in [-0.25, -0.2) is 9.59 Å². The molecule has 0 spiro atoms. The number of hydrogen-bond acceptors (Lipinski definition) is 4. The molecule has 1 aromatic rings. The number of rotatable bonds is 3. The SMILES string of the molecule is CC(=O)c1cc(C(=O)O)ccc1NC(=O)OC(C)(C)C. The lowest BCUT2D eigenvalue weighted by molar-refractivity contribution is 0.0634. The maximum Gasteiger partial charge on any atom is 0.412 e. The lowest BCUT2D eigenvalue weighted by atomic mass is 10.1. The zero-order valence-electron chi connectivity index (χ0n) is 11.8. The van der Waals surface area contributed by atoms with E-state index in [-0.39, 0.29) is 22.6 Å². The van der Waals surface area contributed by atoms with Crippen molar-refractivity contribution in [3.8, 4) is 0 Å². The molecule has 0 fully saturated rings. The van der Waals surface area contributed by atoms with Gasteiger partial charge in [0.25, 0.3) is 0 Å². The van der Waals surface area contributed by atoms with Gasteiger partial charge in [0.05, 0.1) is 11.3 Å². The van der Waals surface area contributed by atoms with E-state index in [0.717, 1.165) is 0 Å². The minimum Gasteiger partial charge on any atom is -0.478 e. The van der Waals surface area contributed by atoms with Crippen molar-refractivity contribution in [3.05, 3.63) is 29.3 Å². The molecule has 0 saturated heterocycles. The molecule has 0 radical (unpaired) electrons. The first-order valence-electron chi connectivity index (χ1n) is 5.98. The molecular formula is C14H17NO5. The zero-order valence-corrected chi connectivity index (χ0v) is 11.8. The van der Waals surface area contributed by atoms with E-state index in [0.29, 0.717) is 0 Å². The van der Waals surface area contributed by atoms with Crippen LogP contribution in [-0.2, 0) is 4.74 Å². The summed E-state index contributed by atoms with van der Waals surface area (Å²) in [5, 5.41) is 11.3. The van der Waals surface area contributed by atoms with E-state index in [4.69, 9.17) is 9.84 Å². The Labute approximate surface area is 116 Å². The van der Waals surface area contributed by atoms with Gasteiger partial charge in [0.15, 0.2) is 5.78 Å². The minimum atomic E-state index is -1.14. The van der Waals surface area contributed by atoms with Gasteiger partial charge in [0.2, 0.25) is 0 Å². The summed E-state index contributed by atoms with van der Waals surface area (Å²) in [5.41, 5.74) is -0.348. The van der Waals surface area contributed by atoms with Crippen molar-refractivity contribution in [3.63, 3.8) is 0 Å². The summed E-state index contributed by atoms with van der Waals surface area (Å²) in [6.07, 6.45) is -0.705. The predicted molar refractivity (Wildman–Crippen MR) is 73.3 cm³/mol. The molecule has 20 heavy (non-hydrogen) atoms. The second kappa shape index (κ2) is 5.73. The number of ketones is 1. The number of carboxylic acids is 1. The number of Topliss-reactive ketones (excluding diaryl/α,β-unsaturated/α-hetero) is 1. The van der Waals surface area contributed by atoms with Crippen LogP contribution < -0.4 is 5.32 Å². The molecule has 1 aromatic carbocycles. The van der Waals surface area contributed by atoms with Gasteiger partial charge in [-0.05, 0) is 45.9 Å². The average Bonchev–Trinajstić information content (AvgIpc) is 2.25. The Balaban J connectivity index is 3.03. The zero-order chi connectivity index (χ0) is 15.5. The fourth-order valence-electron chi connectivity index (χ4n) is 1.49. The Hall–Kier alpha value is -2.37. The molecule has 0 heterocycles. The highest BCUT2D eigenvalue weighted by Gasteiger charge is 2.19. The third-order valence-corrected chi connectivity index (χ3v) is 2.28. The Kier molecular flexibility index (Phi) is 4.49. The molecule has 0 aliphatic heterocycles. The van der Waals surface area contributed by atoms with Gasteiger partial charge < -0.3 is 9.84 Å². The molecule has 6 nitrogen and oxygen atoms in total. The number of carboxylic acid groups (broad SMARTS) is 1. The van der Waals surface area contributed by atoms with Crippen LogP contribution in [-0.4, -0.2) is 28.6 Å². The van der Waals surface area contributed by atoms with Crippen molar-refractivity contribution in [2.75, 3.05) is 5.32 Å². The van der Waals surface area contributed by atoms with Gasteiger partial charge in [-0.1, -0.05) is 0 Å². The first-order chi connectivity index (χ1) is 9.10. The summed E-state index contributed by atoms with van der Waals surface area (Å²) in [6.45, 7) is 6.44. The van der Waals surface area contributed by atoms with Crippen molar-refractivity contribution in [2.45, 2.75) is 33.3 Å². The van der Waals surface area contributed by atoms with Crippen molar-refractivity contribution in [2.24, 2.45) is 0 Å². The number of benzene rings is 1. The lowest BCUT2D eigenvalue weighted by Crippen LogP contribution is -2.27. The number of ether oxygens (including phenoxy) is 1. The summed E-state index contributed by atoms with van der Waals surface area (Å²) < 4.78 is 5.08. The molecule has 0 aliphatic rings. The van der Waals surface area contributed by atoms with Crippen molar-refractivity contribution >= 4 is 23.5 Å². The highest BCUT2D eigenvalue weighted by atomic mass is 16.6. The van der Waals surface area contributed by atoms with Crippen molar-refractivity contribution in [1.29, 1.82) is 0 Å². The van der Waals surface area contributed by atoms with Gasteiger partial charge in [0, 0.05) is 5.56 Å². The fraction of sp³-hybridized carbons (Fsp3) is 0.357. The Morgan fingerprint density at radius 1 is 1.20 bits per heavy atom. The van der Waals surface area contributed by atoms with Crippen LogP contribution in [0.25, 0.3) is 0 Å². The van der Waals surface area contributed by atoms with Gasteiger partial charge >= 0.3 is 12.1 Å². The van der Waals surface area contributed by atoms with Crippen LogP contribution in [0.2, 0.25) is 0 Å². The van der Waals surface area contributed by atoms with E-state index >= 15 is 0 Å². The fourth-order valence-corrected chi connectivity index (χ4v) is 1.49. The van der Waals surface area contributed by atoms with Crippen molar-refractivity contribution < 1.29 is 24.2 Å². The molecule has 0 aromatic heterocycles. The molecule has 1 amide bonds. The maximum absolute atomic E-state index is 11.7. The largest absolute Gasteiger partial charge is 0.478 e. The number of amides is 1. The average molecular weight is 279 g/mol. The van der Waals surface area contributed by atoms with Crippen LogP contribution in [0.5, 0.6) is 0 Å². The number of nitrogens with one attached hydrogen (secondary N) is 1. The lowest BCUT2D eigenvalue weighted by Gasteiger charge is -2.20. The molecule has 0 aliphatic carbocycles. The molecular weight excluding hydrogens is 262 g/mol. The number of carbonyl (C=O) groups is 3. The molecule has 6 heteroatoms.